The molecule has 6 nitrogen and oxygen atoms in total. The number of hydrogen-bond donors (Lipinski definition) is 1. The molecule has 1 N–H and O–H groups in total. The number of carbonyl (C=O) groups is 1. The summed E-state index contributed by atoms with van der Waals surface area (Å²) in [7, 11) is 0. The molecular weight excluding hydrogens is 432 g/mol. The lowest BCUT2D eigenvalue weighted by Gasteiger charge is -2.13. The van der Waals surface area contributed by atoms with Crippen LogP contribution in [-0.4, -0.2) is 26.4 Å². The number of amides is 1. The lowest BCUT2D eigenvalue weighted by atomic mass is 10.0. The van der Waals surface area contributed by atoms with E-state index >= 15 is 0 Å². The fraction of sp³-hybridized carbons (Fsp3) is 0.261. The quantitative estimate of drug-likeness (QED) is 0.320. The number of para-hydroxylation sites is 1. The molecule has 0 aliphatic heterocycles. The Kier molecular flexibility index (Phi) is 8.14. The first-order valence-electron chi connectivity index (χ1n) is 9.91. The molecule has 0 radical (unpaired) electrons. The average molecular weight is 457 g/mol. The number of halogens is 1. The van der Waals surface area contributed by atoms with Gasteiger partial charge in [0.25, 0.3) is 0 Å². The van der Waals surface area contributed by atoms with Gasteiger partial charge in [0.2, 0.25) is 5.91 Å². The summed E-state index contributed by atoms with van der Waals surface area (Å²) in [6.45, 7) is 8.77. The van der Waals surface area contributed by atoms with Crippen molar-refractivity contribution in [3.8, 4) is 5.75 Å². The van der Waals surface area contributed by atoms with Crippen LogP contribution >= 0.6 is 23.4 Å². The van der Waals surface area contributed by atoms with Crippen LogP contribution in [0.25, 0.3) is 0 Å². The summed E-state index contributed by atoms with van der Waals surface area (Å²) < 4.78 is 7.67. The van der Waals surface area contributed by atoms with Gasteiger partial charge in [0.05, 0.1) is 5.75 Å². The van der Waals surface area contributed by atoms with Crippen LogP contribution in [-0.2, 0) is 17.9 Å². The topological polar surface area (TPSA) is 69.0 Å². The average Bonchev–Trinajstić information content (AvgIpc) is 3.14. The summed E-state index contributed by atoms with van der Waals surface area (Å²) >= 11 is 7.24. The second kappa shape index (κ2) is 11.0. The smallest absolute Gasteiger partial charge is 0.234 e. The number of carbonyl (C=O) groups excluding carboxylic acids is 1. The fourth-order valence-electron chi connectivity index (χ4n) is 2.95. The molecule has 0 atom stereocenters. The molecule has 162 valence electrons. The molecule has 0 spiro atoms. The summed E-state index contributed by atoms with van der Waals surface area (Å²) in [6, 6.07) is 15.0. The minimum absolute atomic E-state index is 0.0924. The van der Waals surface area contributed by atoms with Gasteiger partial charge in [-0.25, -0.2) is 0 Å². The molecule has 3 aromatic rings. The second-order valence-corrected chi connectivity index (χ2v) is 8.50. The molecule has 2 aromatic carbocycles. The van der Waals surface area contributed by atoms with E-state index in [9.17, 15) is 4.79 Å². The molecule has 8 heteroatoms. The Labute approximate surface area is 191 Å². The van der Waals surface area contributed by atoms with Crippen molar-refractivity contribution in [3.63, 3.8) is 0 Å². The minimum Gasteiger partial charge on any atom is -0.486 e. The summed E-state index contributed by atoms with van der Waals surface area (Å²) in [5.74, 6) is 1.80. The minimum atomic E-state index is -0.0924. The SMILES string of the molecule is C=CCn1c(COc2ccc(Cl)cc2)nnc1SCC(=O)Nc1ccccc1C(C)C. The summed E-state index contributed by atoms with van der Waals surface area (Å²) in [5, 5.41) is 12.7. The highest BCUT2D eigenvalue weighted by Gasteiger charge is 2.15. The van der Waals surface area contributed by atoms with Gasteiger partial charge >= 0.3 is 0 Å². The molecule has 1 aromatic heterocycles. The molecule has 3 rings (SSSR count). The predicted molar refractivity (Wildman–Crippen MR) is 126 cm³/mol. The van der Waals surface area contributed by atoms with Gasteiger partial charge in [0, 0.05) is 17.3 Å². The molecular formula is C23H25ClN4O2S. The Hall–Kier alpha value is -2.77. The van der Waals surface area contributed by atoms with Gasteiger partial charge in [-0.1, -0.05) is 61.5 Å². The normalized spacial score (nSPS) is 10.8. The van der Waals surface area contributed by atoms with Crippen LogP contribution in [0, 0.1) is 0 Å². The molecule has 1 amide bonds. The van der Waals surface area contributed by atoms with Crippen LogP contribution in [0.1, 0.15) is 31.2 Å². The van der Waals surface area contributed by atoms with Crippen LogP contribution in [0.4, 0.5) is 5.69 Å². The molecule has 0 saturated heterocycles. The van der Waals surface area contributed by atoms with E-state index in [1.54, 1.807) is 30.3 Å². The third kappa shape index (κ3) is 6.35. The molecule has 0 aliphatic carbocycles. The number of allylic oxidation sites excluding steroid dienone is 1. The van der Waals surface area contributed by atoms with Gasteiger partial charge in [-0.05, 0) is 41.8 Å². The number of nitrogens with zero attached hydrogens (tertiary/aromatic N) is 3. The van der Waals surface area contributed by atoms with E-state index in [1.807, 2.05) is 28.8 Å². The lowest BCUT2D eigenvalue weighted by molar-refractivity contribution is -0.113. The maximum absolute atomic E-state index is 12.5. The Morgan fingerprint density at radius 3 is 2.68 bits per heavy atom. The number of ether oxygens (including phenoxy) is 1. The summed E-state index contributed by atoms with van der Waals surface area (Å²) in [5.41, 5.74) is 1.95. The zero-order chi connectivity index (χ0) is 22.2. The largest absolute Gasteiger partial charge is 0.486 e. The Morgan fingerprint density at radius 2 is 1.97 bits per heavy atom. The van der Waals surface area contributed by atoms with Gasteiger partial charge in [-0.2, -0.15) is 0 Å². The molecule has 0 saturated carbocycles. The van der Waals surface area contributed by atoms with Crippen molar-refractivity contribution in [2.45, 2.75) is 38.1 Å². The fourth-order valence-corrected chi connectivity index (χ4v) is 3.85. The van der Waals surface area contributed by atoms with Crippen molar-refractivity contribution in [2.24, 2.45) is 0 Å². The van der Waals surface area contributed by atoms with Crippen LogP contribution < -0.4 is 10.1 Å². The van der Waals surface area contributed by atoms with Crippen molar-refractivity contribution in [1.29, 1.82) is 0 Å². The highest BCUT2D eigenvalue weighted by Crippen LogP contribution is 2.25. The number of thioether (sulfide) groups is 1. The Morgan fingerprint density at radius 1 is 1.23 bits per heavy atom. The molecule has 0 bridgehead atoms. The van der Waals surface area contributed by atoms with E-state index in [2.05, 4.69) is 35.9 Å². The zero-order valence-electron chi connectivity index (χ0n) is 17.5. The van der Waals surface area contributed by atoms with Crippen LogP contribution in [0.5, 0.6) is 5.75 Å². The number of benzene rings is 2. The standard InChI is InChI=1S/C23H25ClN4O2S/c1-4-13-28-21(14-30-18-11-9-17(24)10-12-18)26-27-23(28)31-15-22(29)25-20-8-6-5-7-19(20)16(2)3/h4-12,16H,1,13-15H2,2-3H3,(H,25,29). The van der Waals surface area contributed by atoms with E-state index < -0.39 is 0 Å². The third-order valence-electron chi connectivity index (χ3n) is 4.48. The first-order chi connectivity index (χ1) is 15.0. The highest BCUT2D eigenvalue weighted by molar-refractivity contribution is 7.99. The monoisotopic (exact) mass is 456 g/mol. The van der Waals surface area contributed by atoms with E-state index in [0.29, 0.717) is 34.2 Å². The van der Waals surface area contributed by atoms with E-state index in [4.69, 9.17) is 16.3 Å². The number of rotatable bonds is 10. The predicted octanol–water partition coefficient (Wildman–Crippen LogP) is 5.55. The molecule has 0 unspecified atom stereocenters. The van der Waals surface area contributed by atoms with Gasteiger partial charge in [-0.3, -0.25) is 9.36 Å². The molecule has 0 aliphatic rings. The first-order valence-corrected chi connectivity index (χ1v) is 11.3. The van der Waals surface area contributed by atoms with Crippen molar-refractivity contribution in [2.75, 3.05) is 11.1 Å². The zero-order valence-corrected chi connectivity index (χ0v) is 19.1. The van der Waals surface area contributed by atoms with E-state index in [1.165, 1.54) is 11.8 Å². The first kappa shape index (κ1) is 22.9. The van der Waals surface area contributed by atoms with Crippen LogP contribution in [0.3, 0.4) is 0 Å². The van der Waals surface area contributed by atoms with Crippen molar-refractivity contribution in [3.05, 3.63) is 77.6 Å². The highest BCUT2D eigenvalue weighted by atomic mass is 35.5. The van der Waals surface area contributed by atoms with Crippen LogP contribution in [0.2, 0.25) is 5.02 Å². The maximum Gasteiger partial charge on any atom is 0.234 e. The number of anilines is 1. The molecule has 31 heavy (non-hydrogen) atoms. The second-order valence-electron chi connectivity index (χ2n) is 7.12. The van der Waals surface area contributed by atoms with Gasteiger partial charge in [0.15, 0.2) is 11.0 Å². The van der Waals surface area contributed by atoms with Crippen molar-refractivity contribution in [1.82, 2.24) is 14.8 Å². The molecule has 1 heterocycles. The Bertz CT molecular complexity index is 1030. The maximum atomic E-state index is 12.5. The van der Waals surface area contributed by atoms with Gasteiger partial charge < -0.3 is 10.1 Å². The number of nitrogens with one attached hydrogen (secondary N) is 1. The third-order valence-corrected chi connectivity index (χ3v) is 5.69. The number of hydrogen-bond acceptors (Lipinski definition) is 5. The molecule has 0 fully saturated rings. The number of aromatic nitrogens is 3. The summed E-state index contributed by atoms with van der Waals surface area (Å²) in [6.07, 6.45) is 1.76. The lowest BCUT2D eigenvalue weighted by Crippen LogP contribution is -2.16. The van der Waals surface area contributed by atoms with Gasteiger partial charge in [0.1, 0.15) is 12.4 Å². The van der Waals surface area contributed by atoms with E-state index in [-0.39, 0.29) is 18.3 Å². The Balaban J connectivity index is 1.62. The van der Waals surface area contributed by atoms with Crippen molar-refractivity contribution < 1.29 is 9.53 Å². The van der Waals surface area contributed by atoms with E-state index in [0.717, 1.165) is 11.3 Å². The summed E-state index contributed by atoms with van der Waals surface area (Å²) in [4.78, 5) is 12.5. The van der Waals surface area contributed by atoms with Crippen molar-refractivity contribution >= 4 is 35.0 Å². The van der Waals surface area contributed by atoms with Crippen LogP contribution in [0.15, 0.2) is 66.3 Å². The van der Waals surface area contributed by atoms with Gasteiger partial charge in [-0.15, -0.1) is 16.8 Å².